The number of thioether (sulfide) groups is 1. The molecule has 0 amide bonds. The standard InChI is InChI=1S/C15H18ClN3S/c1-3-12-9-14(17-4-2)19-15(18-12)10-20-13-7-5-11(16)6-8-13/h5-9H,3-4,10H2,1-2H3,(H,17,18,19). The molecule has 0 unspecified atom stereocenters. The molecule has 0 aliphatic carbocycles. The van der Waals surface area contributed by atoms with Crippen LogP contribution in [0.25, 0.3) is 0 Å². The Labute approximate surface area is 129 Å². The van der Waals surface area contributed by atoms with Crippen molar-refractivity contribution in [1.29, 1.82) is 0 Å². The fraction of sp³-hybridized carbons (Fsp3) is 0.333. The Morgan fingerprint density at radius 1 is 1.15 bits per heavy atom. The van der Waals surface area contributed by atoms with Crippen molar-refractivity contribution in [3.63, 3.8) is 0 Å². The molecule has 1 heterocycles. The van der Waals surface area contributed by atoms with Crippen LogP contribution in [0.5, 0.6) is 0 Å². The molecule has 0 aliphatic rings. The normalized spacial score (nSPS) is 10.6. The molecule has 1 aromatic carbocycles. The van der Waals surface area contributed by atoms with Crippen molar-refractivity contribution in [2.45, 2.75) is 30.9 Å². The molecule has 5 heteroatoms. The number of hydrogen-bond acceptors (Lipinski definition) is 4. The van der Waals surface area contributed by atoms with Crippen LogP contribution < -0.4 is 5.32 Å². The molecule has 2 aromatic rings. The Kier molecular flexibility index (Phi) is 5.68. The fourth-order valence-electron chi connectivity index (χ4n) is 1.75. The van der Waals surface area contributed by atoms with Gasteiger partial charge in [0, 0.05) is 28.2 Å². The molecule has 0 saturated carbocycles. The maximum Gasteiger partial charge on any atom is 0.141 e. The van der Waals surface area contributed by atoms with Gasteiger partial charge in [-0.15, -0.1) is 11.8 Å². The Bertz CT molecular complexity index is 558. The summed E-state index contributed by atoms with van der Waals surface area (Å²) in [6.07, 6.45) is 0.916. The lowest BCUT2D eigenvalue weighted by atomic mass is 10.3. The highest BCUT2D eigenvalue weighted by Crippen LogP contribution is 2.23. The van der Waals surface area contributed by atoms with Gasteiger partial charge in [-0.25, -0.2) is 9.97 Å². The van der Waals surface area contributed by atoms with E-state index >= 15 is 0 Å². The van der Waals surface area contributed by atoms with E-state index in [4.69, 9.17) is 11.6 Å². The van der Waals surface area contributed by atoms with Gasteiger partial charge in [0.15, 0.2) is 0 Å². The summed E-state index contributed by atoms with van der Waals surface area (Å²) in [5, 5.41) is 4.01. The molecule has 0 radical (unpaired) electrons. The second-order valence-corrected chi connectivity index (χ2v) is 5.77. The predicted molar refractivity (Wildman–Crippen MR) is 86.6 cm³/mol. The summed E-state index contributed by atoms with van der Waals surface area (Å²) in [7, 11) is 0. The minimum Gasteiger partial charge on any atom is -0.370 e. The van der Waals surface area contributed by atoms with E-state index in [2.05, 4.69) is 29.1 Å². The lowest BCUT2D eigenvalue weighted by Gasteiger charge is -2.08. The maximum atomic E-state index is 5.88. The summed E-state index contributed by atoms with van der Waals surface area (Å²) < 4.78 is 0. The number of nitrogens with one attached hydrogen (secondary N) is 1. The van der Waals surface area contributed by atoms with Crippen LogP contribution in [0.2, 0.25) is 5.02 Å². The molecule has 106 valence electrons. The molecule has 3 nitrogen and oxygen atoms in total. The lowest BCUT2D eigenvalue weighted by molar-refractivity contribution is 0.936. The summed E-state index contributed by atoms with van der Waals surface area (Å²) in [5.74, 6) is 2.53. The third kappa shape index (κ3) is 4.39. The second kappa shape index (κ2) is 7.50. The van der Waals surface area contributed by atoms with Gasteiger partial charge < -0.3 is 5.32 Å². The first-order valence-electron chi connectivity index (χ1n) is 6.70. The number of benzene rings is 1. The highest BCUT2D eigenvalue weighted by Gasteiger charge is 2.04. The quantitative estimate of drug-likeness (QED) is 0.802. The molecular formula is C15H18ClN3S. The van der Waals surface area contributed by atoms with Gasteiger partial charge in [0.25, 0.3) is 0 Å². The van der Waals surface area contributed by atoms with E-state index in [1.807, 2.05) is 30.3 Å². The molecule has 1 aromatic heterocycles. The summed E-state index contributed by atoms with van der Waals surface area (Å²) in [6.45, 7) is 5.04. The number of rotatable bonds is 6. The Morgan fingerprint density at radius 3 is 2.55 bits per heavy atom. The van der Waals surface area contributed by atoms with Crippen molar-refractivity contribution in [2.75, 3.05) is 11.9 Å². The van der Waals surface area contributed by atoms with Crippen LogP contribution in [0.1, 0.15) is 25.4 Å². The van der Waals surface area contributed by atoms with Crippen molar-refractivity contribution in [1.82, 2.24) is 9.97 Å². The summed E-state index contributed by atoms with van der Waals surface area (Å²) in [6, 6.07) is 9.85. The van der Waals surface area contributed by atoms with Crippen molar-refractivity contribution in [3.05, 3.63) is 46.9 Å². The summed E-state index contributed by atoms with van der Waals surface area (Å²) in [4.78, 5) is 10.3. The van der Waals surface area contributed by atoms with Crippen LogP contribution in [0.3, 0.4) is 0 Å². The third-order valence-corrected chi connectivity index (χ3v) is 3.99. The van der Waals surface area contributed by atoms with Crippen molar-refractivity contribution in [2.24, 2.45) is 0 Å². The number of anilines is 1. The van der Waals surface area contributed by atoms with E-state index in [0.717, 1.165) is 41.1 Å². The molecule has 0 saturated heterocycles. The number of aromatic nitrogens is 2. The van der Waals surface area contributed by atoms with Crippen LogP contribution in [-0.4, -0.2) is 16.5 Å². The zero-order chi connectivity index (χ0) is 14.4. The van der Waals surface area contributed by atoms with Crippen LogP contribution >= 0.6 is 23.4 Å². The SMILES string of the molecule is CCNc1cc(CC)nc(CSc2ccc(Cl)cc2)n1. The minimum absolute atomic E-state index is 0.757. The van der Waals surface area contributed by atoms with E-state index < -0.39 is 0 Å². The maximum absolute atomic E-state index is 5.88. The van der Waals surface area contributed by atoms with E-state index in [9.17, 15) is 0 Å². The zero-order valence-electron chi connectivity index (χ0n) is 11.7. The van der Waals surface area contributed by atoms with Gasteiger partial charge in [-0.05, 0) is 37.6 Å². The molecule has 1 N–H and O–H groups in total. The van der Waals surface area contributed by atoms with Crippen LogP contribution in [0, 0.1) is 0 Å². The molecule has 0 atom stereocenters. The van der Waals surface area contributed by atoms with Gasteiger partial charge in [-0.2, -0.15) is 0 Å². The Balaban J connectivity index is 2.07. The third-order valence-electron chi connectivity index (χ3n) is 2.73. The first kappa shape index (κ1) is 15.1. The Hall–Kier alpha value is -1.26. The molecule has 0 fully saturated rings. The van der Waals surface area contributed by atoms with Crippen molar-refractivity contribution in [3.8, 4) is 0 Å². The van der Waals surface area contributed by atoms with Crippen molar-refractivity contribution < 1.29 is 0 Å². The molecule has 0 bridgehead atoms. The van der Waals surface area contributed by atoms with Gasteiger partial charge in [0.2, 0.25) is 0 Å². The highest BCUT2D eigenvalue weighted by molar-refractivity contribution is 7.98. The molecule has 0 aliphatic heterocycles. The average molecular weight is 308 g/mol. The van der Waals surface area contributed by atoms with E-state index in [0.29, 0.717) is 0 Å². The monoisotopic (exact) mass is 307 g/mol. The van der Waals surface area contributed by atoms with Gasteiger partial charge in [-0.1, -0.05) is 18.5 Å². The van der Waals surface area contributed by atoms with Gasteiger partial charge in [-0.3, -0.25) is 0 Å². The van der Waals surface area contributed by atoms with Crippen molar-refractivity contribution >= 4 is 29.2 Å². The zero-order valence-corrected chi connectivity index (χ0v) is 13.3. The first-order chi connectivity index (χ1) is 9.71. The number of halogens is 1. The average Bonchev–Trinajstić information content (AvgIpc) is 2.47. The molecule has 20 heavy (non-hydrogen) atoms. The van der Waals surface area contributed by atoms with Gasteiger partial charge in [0.1, 0.15) is 11.6 Å². The minimum atomic E-state index is 0.757. The predicted octanol–water partition coefficient (Wildman–Crippen LogP) is 4.42. The fourth-order valence-corrected chi connectivity index (χ4v) is 2.63. The lowest BCUT2D eigenvalue weighted by Crippen LogP contribution is -2.05. The topological polar surface area (TPSA) is 37.8 Å². The summed E-state index contributed by atoms with van der Waals surface area (Å²) in [5.41, 5.74) is 1.07. The summed E-state index contributed by atoms with van der Waals surface area (Å²) >= 11 is 7.60. The first-order valence-corrected chi connectivity index (χ1v) is 8.06. The van der Waals surface area contributed by atoms with Crippen LogP contribution in [0.15, 0.2) is 35.2 Å². The van der Waals surface area contributed by atoms with Crippen LogP contribution in [-0.2, 0) is 12.2 Å². The molecule has 0 spiro atoms. The molecular weight excluding hydrogens is 290 g/mol. The van der Waals surface area contributed by atoms with E-state index in [-0.39, 0.29) is 0 Å². The Morgan fingerprint density at radius 2 is 1.90 bits per heavy atom. The largest absolute Gasteiger partial charge is 0.370 e. The second-order valence-electron chi connectivity index (χ2n) is 4.29. The number of aryl methyl sites for hydroxylation is 1. The van der Waals surface area contributed by atoms with Gasteiger partial charge in [0.05, 0.1) is 5.75 Å². The number of hydrogen-bond donors (Lipinski definition) is 1. The smallest absolute Gasteiger partial charge is 0.141 e. The number of nitrogens with zero attached hydrogens (tertiary/aromatic N) is 2. The molecule has 2 rings (SSSR count). The van der Waals surface area contributed by atoms with Crippen LogP contribution in [0.4, 0.5) is 5.82 Å². The van der Waals surface area contributed by atoms with Gasteiger partial charge >= 0.3 is 0 Å². The highest BCUT2D eigenvalue weighted by atomic mass is 35.5. The van der Waals surface area contributed by atoms with E-state index in [1.165, 1.54) is 4.90 Å². The van der Waals surface area contributed by atoms with E-state index in [1.54, 1.807) is 11.8 Å².